The van der Waals surface area contributed by atoms with E-state index in [1.807, 2.05) is 38.1 Å². The van der Waals surface area contributed by atoms with Crippen molar-refractivity contribution < 1.29 is 28.5 Å². The second-order valence-corrected chi connectivity index (χ2v) is 6.31. The van der Waals surface area contributed by atoms with Crippen LogP contribution in [-0.2, 0) is 14.3 Å². The Bertz CT molecular complexity index is 893. The monoisotopic (exact) mass is 413 g/mol. The Morgan fingerprint density at radius 1 is 1.07 bits per heavy atom. The number of esters is 1. The van der Waals surface area contributed by atoms with Crippen LogP contribution in [0.1, 0.15) is 31.0 Å². The van der Waals surface area contributed by atoms with Crippen molar-refractivity contribution >= 4 is 18.0 Å². The lowest BCUT2D eigenvalue weighted by Crippen LogP contribution is -2.31. The SMILES string of the molecule is CCOc1ccccc1/C=C/C(=O)OCC(=O)NC(C)c1cc(OC)ccc1OC. The van der Waals surface area contributed by atoms with Crippen LogP contribution in [0.15, 0.2) is 48.5 Å². The predicted octanol–water partition coefficient (Wildman–Crippen LogP) is 3.54. The molecule has 1 N–H and O–H groups in total. The summed E-state index contributed by atoms with van der Waals surface area (Å²) < 4.78 is 21.1. The molecule has 0 bridgehead atoms. The molecular weight excluding hydrogens is 386 g/mol. The first-order valence-electron chi connectivity index (χ1n) is 9.56. The minimum atomic E-state index is -0.622. The van der Waals surface area contributed by atoms with Crippen LogP contribution in [0.3, 0.4) is 0 Å². The Morgan fingerprint density at radius 2 is 1.83 bits per heavy atom. The first kappa shape index (κ1) is 22.8. The highest BCUT2D eigenvalue weighted by molar-refractivity contribution is 5.89. The maximum absolute atomic E-state index is 12.2. The Morgan fingerprint density at radius 3 is 2.53 bits per heavy atom. The van der Waals surface area contributed by atoms with Gasteiger partial charge in [0.25, 0.3) is 5.91 Å². The van der Waals surface area contributed by atoms with Crippen molar-refractivity contribution in [2.24, 2.45) is 0 Å². The molecule has 0 radical (unpaired) electrons. The van der Waals surface area contributed by atoms with Gasteiger partial charge < -0.3 is 24.3 Å². The fourth-order valence-corrected chi connectivity index (χ4v) is 2.79. The zero-order chi connectivity index (χ0) is 21.9. The molecule has 0 aromatic heterocycles. The number of carbonyl (C=O) groups is 2. The normalized spacial score (nSPS) is 11.6. The quantitative estimate of drug-likeness (QED) is 0.474. The van der Waals surface area contributed by atoms with Crippen molar-refractivity contribution in [3.63, 3.8) is 0 Å². The Labute approximate surface area is 176 Å². The molecule has 0 spiro atoms. The molecule has 30 heavy (non-hydrogen) atoms. The van der Waals surface area contributed by atoms with E-state index in [9.17, 15) is 9.59 Å². The minimum Gasteiger partial charge on any atom is -0.497 e. The van der Waals surface area contributed by atoms with E-state index >= 15 is 0 Å². The van der Waals surface area contributed by atoms with Crippen LogP contribution in [0.2, 0.25) is 0 Å². The summed E-state index contributed by atoms with van der Waals surface area (Å²) >= 11 is 0. The molecule has 0 heterocycles. The summed E-state index contributed by atoms with van der Waals surface area (Å²) in [5.74, 6) is 0.891. The fraction of sp³-hybridized carbons (Fsp3) is 0.304. The zero-order valence-corrected chi connectivity index (χ0v) is 17.6. The second-order valence-electron chi connectivity index (χ2n) is 6.31. The lowest BCUT2D eigenvalue weighted by Gasteiger charge is -2.18. The maximum atomic E-state index is 12.2. The molecule has 0 saturated heterocycles. The molecule has 0 saturated carbocycles. The fourth-order valence-electron chi connectivity index (χ4n) is 2.79. The average Bonchev–Trinajstić information content (AvgIpc) is 2.76. The Hall–Kier alpha value is -3.48. The molecule has 2 rings (SSSR count). The summed E-state index contributed by atoms with van der Waals surface area (Å²) in [6.07, 6.45) is 2.86. The molecular formula is C23H27NO6. The zero-order valence-electron chi connectivity index (χ0n) is 17.6. The van der Waals surface area contributed by atoms with Crippen LogP contribution in [0.5, 0.6) is 17.2 Å². The van der Waals surface area contributed by atoms with Gasteiger partial charge in [0.05, 0.1) is 26.9 Å². The summed E-state index contributed by atoms with van der Waals surface area (Å²) in [4.78, 5) is 24.2. The molecule has 160 valence electrons. The summed E-state index contributed by atoms with van der Waals surface area (Å²) in [5, 5.41) is 2.78. The lowest BCUT2D eigenvalue weighted by atomic mass is 10.1. The van der Waals surface area contributed by atoms with Crippen LogP contribution in [0.25, 0.3) is 6.08 Å². The molecule has 0 aliphatic rings. The molecule has 1 unspecified atom stereocenters. The highest BCUT2D eigenvalue weighted by atomic mass is 16.5. The molecule has 2 aromatic rings. The van der Waals surface area contributed by atoms with Crippen molar-refractivity contribution in [1.29, 1.82) is 0 Å². The number of carbonyl (C=O) groups excluding carboxylic acids is 2. The van der Waals surface area contributed by atoms with Gasteiger partial charge in [-0.05, 0) is 44.2 Å². The number of hydrogen-bond donors (Lipinski definition) is 1. The van der Waals surface area contributed by atoms with Gasteiger partial charge in [0.2, 0.25) is 0 Å². The van der Waals surface area contributed by atoms with E-state index in [0.717, 1.165) is 11.1 Å². The van der Waals surface area contributed by atoms with Crippen LogP contribution < -0.4 is 19.5 Å². The number of nitrogens with one attached hydrogen (secondary N) is 1. The van der Waals surface area contributed by atoms with Crippen LogP contribution in [-0.4, -0.2) is 39.3 Å². The third-order valence-electron chi connectivity index (χ3n) is 4.24. The molecule has 7 heteroatoms. The molecule has 0 aliphatic carbocycles. The van der Waals surface area contributed by atoms with Crippen molar-refractivity contribution in [3.8, 4) is 17.2 Å². The minimum absolute atomic E-state index is 0.366. The third-order valence-corrected chi connectivity index (χ3v) is 4.24. The van der Waals surface area contributed by atoms with E-state index in [1.165, 1.54) is 6.08 Å². The molecule has 1 amide bonds. The number of hydrogen-bond acceptors (Lipinski definition) is 6. The van der Waals surface area contributed by atoms with Crippen LogP contribution in [0, 0.1) is 0 Å². The number of rotatable bonds is 10. The van der Waals surface area contributed by atoms with Gasteiger partial charge in [0.15, 0.2) is 6.61 Å². The number of para-hydroxylation sites is 1. The van der Waals surface area contributed by atoms with E-state index in [2.05, 4.69) is 5.32 Å². The molecule has 0 aliphatic heterocycles. The molecule has 2 aromatic carbocycles. The van der Waals surface area contributed by atoms with Crippen molar-refractivity contribution in [1.82, 2.24) is 5.32 Å². The molecule has 0 fully saturated rings. The van der Waals surface area contributed by atoms with Gasteiger partial charge in [0, 0.05) is 17.2 Å². The topological polar surface area (TPSA) is 83.1 Å². The number of methoxy groups -OCH3 is 2. The number of benzene rings is 2. The first-order valence-corrected chi connectivity index (χ1v) is 9.56. The van der Waals surface area contributed by atoms with E-state index < -0.39 is 18.5 Å². The second kappa shape index (κ2) is 11.5. The van der Waals surface area contributed by atoms with Crippen LogP contribution >= 0.6 is 0 Å². The van der Waals surface area contributed by atoms with E-state index in [4.69, 9.17) is 18.9 Å². The average molecular weight is 413 g/mol. The smallest absolute Gasteiger partial charge is 0.331 e. The highest BCUT2D eigenvalue weighted by Crippen LogP contribution is 2.29. The van der Waals surface area contributed by atoms with E-state index in [0.29, 0.717) is 23.9 Å². The van der Waals surface area contributed by atoms with Crippen molar-refractivity contribution in [3.05, 3.63) is 59.7 Å². The first-order chi connectivity index (χ1) is 14.5. The summed E-state index contributed by atoms with van der Waals surface area (Å²) in [6.45, 7) is 3.82. The predicted molar refractivity (Wildman–Crippen MR) is 114 cm³/mol. The Kier molecular flexibility index (Phi) is 8.75. The van der Waals surface area contributed by atoms with Gasteiger partial charge >= 0.3 is 5.97 Å². The third kappa shape index (κ3) is 6.55. The standard InChI is InChI=1S/C23H27NO6/c1-5-29-20-9-7-6-8-17(20)10-13-23(26)30-15-22(25)24-16(2)19-14-18(27-3)11-12-21(19)28-4/h6-14,16H,5,15H2,1-4H3,(H,24,25)/b13-10+. The van der Waals surface area contributed by atoms with Crippen molar-refractivity contribution in [2.75, 3.05) is 27.4 Å². The van der Waals surface area contributed by atoms with Crippen LogP contribution in [0.4, 0.5) is 0 Å². The van der Waals surface area contributed by atoms with Gasteiger partial charge in [-0.3, -0.25) is 4.79 Å². The summed E-state index contributed by atoms with van der Waals surface area (Å²) in [5.41, 5.74) is 1.50. The highest BCUT2D eigenvalue weighted by Gasteiger charge is 2.16. The molecule has 1 atom stereocenters. The summed E-state index contributed by atoms with van der Waals surface area (Å²) in [6, 6.07) is 12.3. The molecule has 7 nitrogen and oxygen atoms in total. The van der Waals surface area contributed by atoms with Crippen molar-refractivity contribution in [2.45, 2.75) is 19.9 Å². The Balaban J connectivity index is 1.91. The van der Waals surface area contributed by atoms with E-state index in [1.54, 1.807) is 38.5 Å². The van der Waals surface area contributed by atoms with Gasteiger partial charge in [-0.1, -0.05) is 18.2 Å². The summed E-state index contributed by atoms with van der Waals surface area (Å²) in [7, 11) is 3.12. The maximum Gasteiger partial charge on any atom is 0.331 e. The largest absolute Gasteiger partial charge is 0.497 e. The number of amides is 1. The van der Waals surface area contributed by atoms with Gasteiger partial charge in [0.1, 0.15) is 17.2 Å². The van der Waals surface area contributed by atoms with Gasteiger partial charge in [-0.15, -0.1) is 0 Å². The lowest BCUT2D eigenvalue weighted by molar-refractivity contribution is -0.144. The number of ether oxygens (including phenoxy) is 4. The van der Waals surface area contributed by atoms with E-state index in [-0.39, 0.29) is 6.04 Å². The van der Waals surface area contributed by atoms with Gasteiger partial charge in [-0.25, -0.2) is 4.79 Å². The van der Waals surface area contributed by atoms with Gasteiger partial charge in [-0.2, -0.15) is 0 Å².